The van der Waals surface area contributed by atoms with Crippen molar-refractivity contribution in [2.75, 3.05) is 118 Å². The Kier molecular flexibility index (Phi) is 35.4. The molecule has 7 N–H and O–H groups in total. The molecule has 2 heterocycles. The Morgan fingerprint density at radius 3 is 1.82 bits per heavy atom. The van der Waals surface area contributed by atoms with Gasteiger partial charge in [-0.1, -0.05) is 134 Å². The lowest BCUT2D eigenvalue weighted by Gasteiger charge is -2.39. The molecule has 2 amide bonds. The van der Waals surface area contributed by atoms with E-state index in [0.29, 0.717) is 49.6 Å². The van der Waals surface area contributed by atoms with E-state index in [9.17, 15) is 9.59 Å². The SMILES string of the molecule is CCCCCC/C=C/C1C(CCCCCC)C=CC(CCCCCCCC(=O)NCCNCCNCCN)C1CCCCCCCC(=O)N1CCN(CCNCCN2CCNCC2)CC1. The van der Waals surface area contributed by atoms with Gasteiger partial charge in [-0.2, -0.15) is 0 Å². The predicted molar refractivity (Wildman–Crippen MR) is 277 cm³/mol. The number of hydrogen-bond acceptors (Lipinski definition) is 9. The van der Waals surface area contributed by atoms with E-state index in [1.54, 1.807) is 0 Å². The maximum Gasteiger partial charge on any atom is 0.222 e. The highest BCUT2D eigenvalue weighted by atomic mass is 16.2. The zero-order chi connectivity index (χ0) is 46.3. The first-order chi connectivity index (χ1) is 32.0. The van der Waals surface area contributed by atoms with Gasteiger partial charge in [0.25, 0.3) is 0 Å². The number of nitrogens with zero attached hydrogens (tertiary/aromatic N) is 3. The maximum absolute atomic E-state index is 13.1. The number of carbonyl (C=O) groups is 2. The lowest BCUT2D eigenvalue weighted by atomic mass is 9.66. The summed E-state index contributed by atoms with van der Waals surface area (Å²) in [5, 5.41) is 16.8. The molecule has 1 aliphatic carbocycles. The highest BCUT2D eigenvalue weighted by Gasteiger charge is 2.34. The zero-order valence-corrected chi connectivity index (χ0v) is 42.6. The minimum absolute atomic E-state index is 0.186. The van der Waals surface area contributed by atoms with Crippen molar-refractivity contribution in [3.63, 3.8) is 0 Å². The Bertz CT molecular complexity index is 1190. The van der Waals surface area contributed by atoms with Crippen LogP contribution in [0, 0.1) is 23.7 Å². The third-order valence-corrected chi connectivity index (χ3v) is 14.6. The Hall–Kier alpha value is -1.86. The Morgan fingerprint density at radius 1 is 0.585 bits per heavy atom. The maximum atomic E-state index is 13.1. The van der Waals surface area contributed by atoms with Gasteiger partial charge >= 0.3 is 0 Å². The van der Waals surface area contributed by atoms with Crippen LogP contribution < -0.4 is 32.3 Å². The second kappa shape index (κ2) is 40.1. The molecule has 0 saturated carbocycles. The van der Waals surface area contributed by atoms with E-state index in [2.05, 4.69) is 79.4 Å². The first kappa shape index (κ1) is 57.5. The summed E-state index contributed by atoms with van der Waals surface area (Å²) in [5.41, 5.74) is 5.51. The summed E-state index contributed by atoms with van der Waals surface area (Å²) in [4.78, 5) is 32.7. The lowest BCUT2D eigenvalue weighted by molar-refractivity contribution is -0.133. The minimum Gasteiger partial charge on any atom is -0.355 e. The van der Waals surface area contributed by atoms with Crippen LogP contribution in [0.3, 0.4) is 0 Å². The van der Waals surface area contributed by atoms with Gasteiger partial charge in [-0.15, -0.1) is 0 Å². The summed E-state index contributed by atoms with van der Waals surface area (Å²) >= 11 is 0. The lowest BCUT2D eigenvalue weighted by Crippen LogP contribution is -2.50. The number of nitrogens with one attached hydrogen (secondary N) is 5. The topological polar surface area (TPSA) is 130 Å². The molecule has 4 unspecified atom stereocenters. The van der Waals surface area contributed by atoms with Gasteiger partial charge in [0.2, 0.25) is 11.8 Å². The molecule has 0 spiro atoms. The molecule has 2 aliphatic heterocycles. The molecule has 378 valence electrons. The van der Waals surface area contributed by atoms with Crippen LogP contribution in [0.25, 0.3) is 0 Å². The normalized spacial score (nSPS) is 20.9. The fourth-order valence-electron chi connectivity index (χ4n) is 10.4. The monoisotopic (exact) mass is 912 g/mol. The van der Waals surface area contributed by atoms with Crippen LogP contribution >= 0.6 is 0 Å². The van der Waals surface area contributed by atoms with Gasteiger partial charge in [-0.05, 0) is 68.6 Å². The first-order valence-electron chi connectivity index (χ1n) is 27.9. The first-order valence-corrected chi connectivity index (χ1v) is 27.9. The summed E-state index contributed by atoms with van der Waals surface area (Å²) in [6.45, 7) is 22.1. The summed E-state index contributed by atoms with van der Waals surface area (Å²) in [6.07, 6.45) is 39.8. The number of unbranched alkanes of at least 4 members (excludes halogenated alkanes) is 15. The van der Waals surface area contributed by atoms with Gasteiger partial charge in [0.1, 0.15) is 0 Å². The standard InChI is InChI=1S/C54H105N9O2/c1-3-5-7-9-13-19-25-51-49(23-17-8-6-4-2)29-30-50(24-18-12-10-15-21-27-53(64)60-36-35-57-34-33-56-32-31-55)52(51)26-20-14-11-16-22-28-54(65)63-47-45-62(46-48-63)44-40-59-39-43-61-41-37-58-38-42-61/h19,25,29-30,49-52,56-59H,3-18,20-24,26-28,31-48,55H2,1-2H3,(H,60,64)/b25-19+. The fraction of sp³-hybridized carbons (Fsp3) is 0.889. The second-order valence-electron chi connectivity index (χ2n) is 19.9. The van der Waals surface area contributed by atoms with Crippen molar-refractivity contribution in [1.82, 2.24) is 41.3 Å². The Balaban J connectivity index is 1.37. The molecule has 0 bridgehead atoms. The average Bonchev–Trinajstić information content (AvgIpc) is 3.32. The third-order valence-electron chi connectivity index (χ3n) is 14.6. The smallest absolute Gasteiger partial charge is 0.222 e. The fourth-order valence-corrected chi connectivity index (χ4v) is 10.4. The molecule has 0 radical (unpaired) electrons. The van der Waals surface area contributed by atoms with Crippen molar-refractivity contribution >= 4 is 11.8 Å². The highest BCUT2D eigenvalue weighted by Crippen LogP contribution is 2.43. The highest BCUT2D eigenvalue weighted by molar-refractivity contribution is 5.76. The zero-order valence-electron chi connectivity index (χ0n) is 42.6. The van der Waals surface area contributed by atoms with Gasteiger partial charge in [0, 0.05) is 131 Å². The van der Waals surface area contributed by atoms with E-state index >= 15 is 0 Å². The predicted octanol–water partition coefficient (Wildman–Crippen LogP) is 7.87. The van der Waals surface area contributed by atoms with Crippen LogP contribution in [0.1, 0.15) is 168 Å². The number of hydrogen-bond donors (Lipinski definition) is 6. The van der Waals surface area contributed by atoms with E-state index in [0.717, 1.165) is 130 Å². The van der Waals surface area contributed by atoms with E-state index in [4.69, 9.17) is 5.73 Å². The second-order valence-corrected chi connectivity index (χ2v) is 19.9. The molecule has 0 aromatic rings. The average molecular weight is 912 g/mol. The molecule has 0 aromatic heterocycles. The molecular weight excluding hydrogens is 807 g/mol. The molecule has 2 saturated heterocycles. The Morgan fingerprint density at radius 2 is 1.12 bits per heavy atom. The molecule has 11 nitrogen and oxygen atoms in total. The van der Waals surface area contributed by atoms with Crippen molar-refractivity contribution in [3.8, 4) is 0 Å². The van der Waals surface area contributed by atoms with Gasteiger partial charge in [0.05, 0.1) is 0 Å². The van der Waals surface area contributed by atoms with Crippen LogP contribution in [0.4, 0.5) is 0 Å². The van der Waals surface area contributed by atoms with Crippen molar-refractivity contribution in [1.29, 1.82) is 0 Å². The summed E-state index contributed by atoms with van der Waals surface area (Å²) in [5.74, 6) is 3.30. The van der Waals surface area contributed by atoms with Gasteiger partial charge in [0.15, 0.2) is 0 Å². The number of amides is 2. The summed E-state index contributed by atoms with van der Waals surface area (Å²) in [7, 11) is 0. The largest absolute Gasteiger partial charge is 0.355 e. The summed E-state index contributed by atoms with van der Waals surface area (Å²) < 4.78 is 0. The minimum atomic E-state index is 0.186. The van der Waals surface area contributed by atoms with Crippen LogP contribution in [-0.4, -0.2) is 144 Å². The third kappa shape index (κ3) is 28.3. The number of rotatable bonds is 41. The molecule has 4 atom stereocenters. The van der Waals surface area contributed by atoms with E-state index in [1.165, 1.54) is 122 Å². The Labute approximate surface area is 400 Å². The van der Waals surface area contributed by atoms with Gasteiger partial charge in [-0.25, -0.2) is 0 Å². The quantitative estimate of drug-likeness (QED) is 0.0268. The molecule has 11 heteroatoms. The van der Waals surface area contributed by atoms with Crippen molar-refractivity contribution < 1.29 is 9.59 Å². The van der Waals surface area contributed by atoms with Crippen LogP contribution in [0.2, 0.25) is 0 Å². The van der Waals surface area contributed by atoms with Gasteiger partial charge < -0.3 is 37.2 Å². The van der Waals surface area contributed by atoms with Gasteiger partial charge in [-0.3, -0.25) is 19.4 Å². The van der Waals surface area contributed by atoms with E-state index < -0.39 is 0 Å². The van der Waals surface area contributed by atoms with Crippen molar-refractivity contribution in [3.05, 3.63) is 24.3 Å². The molecular formula is C54H105N9O2. The van der Waals surface area contributed by atoms with Crippen LogP contribution in [-0.2, 0) is 9.59 Å². The molecule has 3 rings (SSSR count). The molecule has 65 heavy (non-hydrogen) atoms. The van der Waals surface area contributed by atoms with Crippen LogP contribution in [0.15, 0.2) is 24.3 Å². The van der Waals surface area contributed by atoms with E-state index in [1.807, 2.05) is 0 Å². The molecule has 3 aliphatic rings. The molecule has 2 fully saturated rings. The number of carbonyl (C=O) groups excluding carboxylic acids is 2. The number of allylic oxidation sites excluding steroid dienone is 4. The van der Waals surface area contributed by atoms with Crippen molar-refractivity contribution in [2.45, 2.75) is 168 Å². The number of nitrogens with two attached hydrogens (primary N) is 1. The molecule has 0 aromatic carbocycles. The summed E-state index contributed by atoms with van der Waals surface area (Å²) in [6, 6.07) is 0. The van der Waals surface area contributed by atoms with Crippen LogP contribution in [0.5, 0.6) is 0 Å². The van der Waals surface area contributed by atoms with Crippen molar-refractivity contribution in [2.24, 2.45) is 29.4 Å². The number of piperazine rings is 2. The van der Waals surface area contributed by atoms with E-state index in [-0.39, 0.29) is 5.91 Å².